The maximum absolute atomic E-state index is 13.3. The summed E-state index contributed by atoms with van der Waals surface area (Å²) in [5.74, 6) is -3.83. The first kappa shape index (κ1) is 14.4. The fourth-order valence-electron chi connectivity index (χ4n) is 2.05. The van der Waals surface area contributed by atoms with Gasteiger partial charge in [-0.3, -0.25) is 0 Å². The molecular weight excluding hydrogens is 270 g/mol. The molecule has 0 bridgehead atoms. The van der Waals surface area contributed by atoms with Crippen LogP contribution in [0.2, 0.25) is 0 Å². The highest BCUT2D eigenvalue weighted by Gasteiger charge is 2.44. The van der Waals surface area contributed by atoms with Crippen molar-refractivity contribution in [3.8, 4) is 0 Å². The molecular formula is C13H14F2N2O3. The van der Waals surface area contributed by atoms with Crippen LogP contribution in [0.5, 0.6) is 0 Å². The molecule has 0 aromatic heterocycles. The minimum Gasteiger partial charge on any atom is -0.459 e. The van der Waals surface area contributed by atoms with Crippen molar-refractivity contribution in [2.24, 2.45) is 5.29 Å². The van der Waals surface area contributed by atoms with Gasteiger partial charge >= 0.3 is 5.97 Å². The lowest BCUT2D eigenvalue weighted by atomic mass is 10.0. The van der Waals surface area contributed by atoms with E-state index in [-0.39, 0.29) is 13.2 Å². The first-order valence-electron chi connectivity index (χ1n) is 6.20. The fourth-order valence-corrected chi connectivity index (χ4v) is 2.05. The van der Waals surface area contributed by atoms with Crippen LogP contribution in [0.4, 0.5) is 8.78 Å². The van der Waals surface area contributed by atoms with Gasteiger partial charge in [0, 0.05) is 19.4 Å². The molecule has 0 radical (unpaired) electrons. The Hall–Kier alpha value is -2.05. The second kappa shape index (κ2) is 5.94. The molecule has 1 aliphatic rings. The van der Waals surface area contributed by atoms with Gasteiger partial charge in [-0.1, -0.05) is 30.3 Å². The van der Waals surface area contributed by atoms with Crippen LogP contribution in [-0.4, -0.2) is 29.5 Å². The Morgan fingerprint density at radius 2 is 2.10 bits per heavy atom. The van der Waals surface area contributed by atoms with E-state index in [1.807, 2.05) is 6.07 Å². The zero-order valence-electron chi connectivity index (χ0n) is 10.7. The van der Waals surface area contributed by atoms with Gasteiger partial charge in [-0.15, -0.1) is 4.91 Å². The summed E-state index contributed by atoms with van der Waals surface area (Å²) in [5, 5.41) is 3.44. The highest BCUT2D eigenvalue weighted by atomic mass is 19.3. The van der Waals surface area contributed by atoms with Crippen LogP contribution in [0.15, 0.2) is 35.6 Å². The number of halogens is 2. The number of carbonyl (C=O) groups is 1. The molecule has 1 aliphatic heterocycles. The number of ether oxygens (including phenoxy) is 1. The second-order valence-electron chi connectivity index (χ2n) is 4.66. The van der Waals surface area contributed by atoms with Gasteiger partial charge in [0.25, 0.3) is 5.92 Å². The molecule has 7 heteroatoms. The molecule has 0 amide bonds. The fraction of sp³-hybridized carbons (Fsp3) is 0.462. The van der Waals surface area contributed by atoms with Gasteiger partial charge in [0.15, 0.2) is 6.04 Å². The Balaban J connectivity index is 1.97. The summed E-state index contributed by atoms with van der Waals surface area (Å²) in [6.07, 6.45) is -1.23. The minimum absolute atomic E-state index is 0.0194. The average molecular weight is 284 g/mol. The van der Waals surface area contributed by atoms with Gasteiger partial charge in [0.05, 0.1) is 5.29 Å². The van der Waals surface area contributed by atoms with E-state index < -0.39 is 30.8 Å². The number of piperidine rings is 1. The van der Waals surface area contributed by atoms with Crippen molar-refractivity contribution in [1.29, 1.82) is 0 Å². The summed E-state index contributed by atoms with van der Waals surface area (Å²) in [5.41, 5.74) is 0.744. The van der Waals surface area contributed by atoms with Crippen molar-refractivity contribution >= 4 is 5.97 Å². The molecule has 0 spiro atoms. The number of nitroso groups, excluding NO2 is 1. The van der Waals surface area contributed by atoms with Crippen molar-refractivity contribution in [1.82, 2.24) is 5.01 Å². The summed E-state index contributed by atoms with van der Waals surface area (Å²) in [7, 11) is 0. The minimum atomic E-state index is -2.97. The van der Waals surface area contributed by atoms with Crippen molar-refractivity contribution < 1.29 is 18.3 Å². The molecule has 1 fully saturated rings. The first-order valence-corrected chi connectivity index (χ1v) is 6.20. The van der Waals surface area contributed by atoms with Crippen LogP contribution in [0.3, 0.4) is 0 Å². The van der Waals surface area contributed by atoms with E-state index in [1.165, 1.54) is 0 Å². The molecule has 108 valence electrons. The molecule has 1 heterocycles. The monoisotopic (exact) mass is 284 g/mol. The SMILES string of the molecule is O=NN1CCC(F)(F)CC1C(=O)OCc1ccccc1. The Morgan fingerprint density at radius 3 is 2.75 bits per heavy atom. The predicted octanol–water partition coefficient (Wildman–Crippen LogP) is 2.51. The molecule has 0 saturated carbocycles. The molecule has 0 N–H and O–H groups in total. The van der Waals surface area contributed by atoms with E-state index in [2.05, 4.69) is 5.29 Å². The third kappa shape index (κ3) is 3.49. The second-order valence-corrected chi connectivity index (χ2v) is 4.66. The lowest BCUT2D eigenvalue weighted by Crippen LogP contribution is -2.48. The standard InChI is InChI=1S/C13H14F2N2O3/c14-13(15)6-7-17(16-19)11(8-13)12(18)20-9-10-4-2-1-3-5-10/h1-5,11H,6-9H2. The number of hydrogen-bond donors (Lipinski definition) is 0. The van der Waals surface area contributed by atoms with Gasteiger partial charge in [-0.2, -0.15) is 0 Å². The highest BCUT2D eigenvalue weighted by Crippen LogP contribution is 2.32. The lowest BCUT2D eigenvalue weighted by Gasteiger charge is -2.33. The van der Waals surface area contributed by atoms with Crippen molar-refractivity contribution in [2.45, 2.75) is 31.4 Å². The van der Waals surface area contributed by atoms with Crippen LogP contribution in [0, 0.1) is 4.91 Å². The van der Waals surface area contributed by atoms with Crippen LogP contribution < -0.4 is 0 Å². The van der Waals surface area contributed by atoms with E-state index in [0.717, 1.165) is 10.6 Å². The zero-order chi connectivity index (χ0) is 14.6. The van der Waals surface area contributed by atoms with Crippen LogP contribution in [0.1, 0.15) is 18.4 Å². The van der Waals surface area contributed by atoms with Crippen molar-refractivity contribution in [2.75, 3.05) is 6.54 Å². The molecule has 1 aromatic carbocycles. The quantitative estimate of drug-likeness (QED) is 0.629. The molecule has 1 atom stereocenters. The number of carbonyl (C=O) groups excluding carboxylic acids is 1. The normalized spacial score (nSPS) is 21.3. The van der Waals surface area contributed by atoms with Crippen molar-refractivity contribution in [3.05, 3.63) is 40.8 Å². The molecule has 20 heavy (non-hydrogen) atoms. The third-order valence-electron chi connectivity index (χ3n) is 3.16. The molecule has 1 aromatic rings. The van der Waals surface area contributed by atoms with Gasteiger partial charge in [0.2, 0.25) is 0 Å². The molecule has 1 saturated heterocycles. The van der Waals surface area contributed by atoms with Crippen LogP contribution in [-0.2, 0) is 16.1 Å². The van der Waals surface area contributed by atoms with E-state index in [1.54, 1.807) is 24.3 Å². The average Bonchev–Trinajstić information content (AvgIpc) is 2.45. The number of alkyl halides is 2. The Labute approximate surface area is 114 Å². The number of nitrogens with zero attached hydrogens (tertiary/aromatic N) is 2. The first-order chi connectivity index (χ1) is 9.52. The van der Waals surface area contributed by atoms with Gasteiger partial charge in [-0.05, 0) is 5.56 Å². The predicted molar refractivity (Wildman–Crippen MR) is 66.7 cm³/mol. The van der Waals surface area contributed by atoms with Gasteiger partial charge < -0.3 is 4.74 Å². The molecule has 2 rings (SSSR count). The maximum atomic E-state index is 13.3. The molecule has 1 unspecified atom stereocenters. The highest BCUT2D eigenvalue weighted by molar-refractivity contribution is 5.76. The topological polar surface area (TPSA) is 59.0 Å². The summed E-state index contributed by atoms with van der Waals surface area (Å²) < 4.78 is 31.6. The zero-order valence-corrected chi connectivity index (χ0v) is 10.7. The Kier molecular flexibility index (Phi) is 4.26. The molecule has 5 nitrogen and oxygen atoms in total. The lowest BCUT2D eigenvalue weighted by molar-refractivity contribution is -0.161. The third-order valence-corrected chi connectivity index (χ3v) is 3.16. The van der Waals surface area contributed by atoms with E-state index in [9.17, 15) is 18.5 Å². The van der Waals surface area contributed by atoms with E-state index in [4.69, 9.17) is 4.74 Å². The molecule has 0 aliphatic carbocycles. The van der Waals surface area contributed by atoms with E-state index in [0.29, 0.717) is 0 Å². The summed E-state index contributed by atoms with van der Waals surface area (Å²) in [4.78, 5) is 22.4. The van der Waals surface area contributed by atoms with Crippen molar-refractivity contribution in [3.63, 3.8) is 0 Å². The Bertz CT molecular complexity index is 482. The van der Waals surface area contributed by atoms with Crippen LogP contribution in [0.25, 0.3) is 0 Å². The number of esters is 1. The smallest absolute Gasteiger partial charge is 0.331 e. The summed E-state index contributed by atoms with van der Waals surface area (Å²) >= 11 is 0. The van der Waals surface area contributed by atoms with Gasteiger partial charge in [0.1, 0.15) is 6.61 Å². The van der Waals surface area contributed by atoms with Crippen LogP contribution >= 0.6 is 0 Å². The Morgan fingerprint density at radius 1 is 1.40 bits per heavy atom. The summed E-state index contributed by atoms with van der Waals surface area (Å²) in [6, 6.07) is 7.54. The van der Waals surface area contributed by atoms with E-state index >= 15 is 0 Å². The number of hydrogen-bond acceptors (Lipinski definition) is 4. The van der Waals surface area contributed by atoms with Gasteiger partial charge in [-0.25, -0.2) is 18.6 Å². The number of benzene rings is 1. The maximum Gasteiger partial charge on any atom is 0.331 e. The summed E-state index contributed by atoms with van der Waals surface area (Å²) in [6.45, 7) is -0.268. The number of rotatable bonds is 4. The largest absolute Gasteiger partial charge is 0.459 e.